The maximum Gasteiger partial charge on any atom is 0.328 e. The number of morpholine rings is 1. The normalized spacial score (nSPS) is 19.2. The van der Waals surface area contributed by atoms with Crippen LogP contribution in [0.3, 0.4) is 0 Å². The Labute approximate surface area is 114 Å². The third-order valence-electron chi connectivity index (χ3n) is 3.49. The number of aromatic nitrogens is 1. The Bertz CT molecular complexity index is 664. The van der Waals surface area contributed by atoms with Gasteiger partial charge in [0.05, 0.1) is 24.3 Å². The summed E-state index contributed by atoms with van der Waals surface area (Å²) in [6.07, 6.45) is 1.76. The van der Waals surface area contributed by atoms with Crippen LogP contribution in [0.2, 0.25) is 0 Å². The maximum absolute atomic E-state index is 12.6. The number of nitrogens with one attached hydrogen (secondary N) is 1. The summed E-state index contributed by atoms with van der Waals surface area (Å²) in [5, 5.41) is 10.1. The Morgan fingerprint density at radius 2 is 2.20 bits per heavy atom. The number of rotatable bonds is 2. The molecule has 20 heavy (non-hydrogen) atoms. The number of hydrogen-bond acceptors (Lipinski definition) is 3. The van der Waals surface area contributed by atoms with Crippen LogP contribution in [0.25, 0.3) is 10.9 Å². The smallest absolute Gasteiger partial charge is 0.328 e. The van der Waals surface area contributed by atoms with Gasteiger partial charge in [0, 0.05) is 18.1 Å². The van der Waals surface area contributed by atoms with Crippen LogP contribution in [0.5, 0.6) is 0 Å². The van der Waals surface area contributed by atoms with Crippen molar-refractivity contribution in [2.24, 2.45) is 0 Å². The van der Waals surface area contributed by atoms with Crippen LogP contribution < -0.4 is 0 Å². The summed E-state index contributed by atoms with van der Waals surface area (Å²) in [6, 6.07) is 6.34. The van der Waals surface area contributed by atoms with E-state index in [0.29, 0.717) is 12.2 Å². The van der Waals surface area contributed by atoms with Crippen molar-refractivity contribution in [3.63, 3.8) is 0 Å². The number of ether oxygens (including phenoxy) is 1. The number of aromatic amines is 1. The SMILES string of the molecule is O=C(O)C1COCCN1C(=O)c1cccc2cc[nH]c12. The summed E-state index contributed by atoms with van der Waals surface area (Å²) < 4.78 is 5.15. The van der Waals surface area contributed by atoms with Gasteiger partial charge in [0.25, 0.3) is 5.91 Å². The largest absolute Gasteiger partial charge is 0.480 e. The van der Waals surface area contributed by atoms with Crippen molar-refractivity contribution in [3.8, 4) is 0 Å². The Morgan fingerprint density at radius 3 is 3.00 bits per heavy atom. The number of amides is 1. The average molecular weight is 274 g/mol. The number of H-pyrrole nitrogens is 1. The molecule has 1 atom stereocenters. The number of aliphatic carboxylic acids is 1. The molecular formula is C14H14N2O4. The Balaban J connectivity index is 1.98. The van der Waals surface area contributed by atoms with Crippen molar-refractivity contribution in [3.05, 3.63) is 36.0 Å². The highest BCUT2D eigenvalue weighted by atomic mass is 16.5. The number of carboxylic acid groups (broad SMARTS) is 1. The highest BCUT2D eigenvalue weighted by molar-refractivity contribution is 6.06. The standard InChI is InChI=1S/C14H14N2O4/c17-13(16-6-7-20-8-11(16)14(18)19)10-3-1-2-9-4-5-15-12(9)10/h1-5,11,15H,6-8H2,(H,18,19). The second-order valence-electron chi connectivity index (χ2n) is 4.67. The Kier molecular flexibility index (Phi) is 3.15. The number of nitrogens with zero attached hydrogens (tertiary/aromatic N) is 1. The summed E-state index contributed by atoms with van der Waals surface area (Å²) >= 11 is 0. The second kappa shape index (κ2) is 4.97. The molecule has 1 fully saturated rings. The fraction of sp³-hybridized carbons (Fsp3) is 0.286. The Morgan fingerprint density at radius 1 is 1.35 bits per heavy atom. The molecular weight excluding hydrogens is 260 g/mol. The summed E-state index contributed by atoms with van der Waals surface area (Å²) in [4.78, 5) is 28.2. The lowest BCUT2D eigenvalue weighted by molar-refractivity contribution is -0.147. The van der Waals surface area contributed by atoms with E-state index in [9.17, 15) is 14.7 Å². The van der Waals surface area contributed by atoms with E-state index in [2.05, 4.69) is 4.98 Å². The van der Waals surface area contributed by atoms with Gasteiger partial charge in [0.2, 0.25) is 0 Å². The van der Waals surface area contributed by atoms with Crippen LogP contribution in [0.15, 0.2) is 30.5 Å². The van der Waals surface area contributed by atoms with Gasteiger partial charge < -0.3 is 19.7 Å². The van der Waals surface area contributed by atoms with Gasteiger partial charge in [-0.1, -0.05) is 12.1 Å². The zero-order valence-corrected chi connectivity index (χ0v) is 10.7. The molecule has 104 valence electrons. The van der Waals surface area contributed by atoms with Crippen molar-refractivity contribution in [1.82, 2.24) is 9.88 Å². The highest BCUT2D eigenvalue weighted by Gasteiger charge is 2.33. The zero-order chi connectivity index (χ0) is 14.1. The third-order valence-corrected chi connectivity index (χ3v) is 3.49. The molecule has 1 aromatic heterocycles. The summed E-state index contributed by atoms with van der Waals surface area (Å²) in [6.45, 7) is 0.672. The molecule has 2 heterocycles. The molecule has 3 rings (SSSR count). The predicted octanol–water partition coefficient (Wildman–Crippen LogP) is 1.09. The molecule has 6 nitrogen and oxygen atoms in total. The van der Waals surface area contributed by atoms with E-state index in [-0.39, 0.29) is 19.1 Å². The lowest BCUT2D eigenvalue weighted by Crippen LogP contribution is -2.52. The van der Waals surface area contributed by atoms with E-state index in [4.69, 9.17) is 4.74 Å². The molecule has 0 saturated carbocycles. The molecule has 0 aliphatic carbocycles. The minimum Gasteiger partial charge on any atom is -0.480 e. The summed E-state index contributed by atoms with van der Waals surface area (Å²) in [5.74, 6) is -1.33. The summed E-state index contributed by atoms with van der Waals surface area (Å²) in [7, 11) is 0. The number of fused-ring (bicyclic) bond motifs is 1. The molecule has 1 saturated heterocycles. The lowest BCUT2D eigenvalue weighted by atomic mass is 10.1. The summed E-state index contributed by atoms with van der Waals surface area (Å²) in [5.41, 5.74) is 1.22. The van der Waals surface area contributed by atoms with Gasteiger partial charge in [-0.3, -0.25) is 4.79 Å². The molecule has 1 unspecified atom stereocenters. The third kappa shape index (κ3) is 2.04. The molecule has 6 heteroatoms. The minimum atomic E-state index is -1.04. The average Bonchev–Trinajstić information content (AvgIpc) is 2.94. The first kappa shape index (κ1) is 12.7. The van der Waals surface area contributed by atoms with Gasteiger partial charge >= 0.3 is 5.97 Å². The van der Waals surface area contributed by atoms with Gasteiger partial charge in [-0.2, -0.15) is 0 Å². The van der Waals surface area contributed by atoms with Crippen molar-refractivity contribution in [2.75, 3.05) is 19.8 Å². The molecule has 1 amide bonds. The van der Waals surface area contributed by atoms with Crippen molar-refractivity contribution >= 4 is 22.8 Å². The van der Waals surface area contributed by atoms with Gasteiger partial charge in [0.15, 0.2) is 6.04 Å². The first-order valence-electron chi connectivity index (χ1n) is 6.36. The minimum absolute atomic E-state index is 0.0295. The molecule has 2 N–H and O–H groups in total. The molecule has 2 aromatic rings. The monoisotopic (exact) mass is 274 g/mol. The van der Waals surface area contributed by atoms with E-state index < -0.39 is 12.0 Å². The number of hydrogen-bond donors (Lipinski definition) is 2. The van der Waals surface area contributed by atoms with E-state index in [0.717, 1.165) is 10.9 Å². The quantitative estimate of drug-likeness (QED) is 0.859. The van der Waals surface area contributed by atoms with Crippen LogP contribution in [-0.4, -0.2) is 52.7 Å². The molecule has 0 radical (unpaired) electrons. The number of carbonyl (C=O) groups excluding carboxylic acids is 1. The van der Waals surface area contributed by atoms with Gasteiger partial charge in [-0.15, -0.1) is 0 Å². The number of carbonyl (C=O) groups is 2. The zero-order valence-electron chi connectivity index (χ0n) is 10.7. The Hall–Kier alpha value is -2.34. The van der Waals surface area contributed by atoms with Crippen LogP contribution in [0.4, 0.5) is 0 Å². The predicted molar refractivity (Wildman–Crippen MR) is 71.6 cm³/mol. The molecule has 0 bridgehead atoms. The van der Waals surface area contributed by atoms with Crippen LogP contribution >= 0.6 is 0 Å². The van der Waals surface area contributed by atoms with Gasteiger partial charge in [0.1, 0.15) is 0 Å². The molecule has 1 aliphatic rings. The second-order valence-corrected chi connectivity index (χ2v) is 4.67. The molecule has 1 aromatic carbocycles. The number of para-hydroxylation sites is 1. The number of carboxylic acids is 1. The van der Waals surface area contributed by atoms with Gasteiger partial charge in [-0.05, 0) is 12.1 Å². The van der Waals surface area contributed by atoms with E-state index >= 15 is 0 Å². The van der Waals surface area contributed by atoms with Crippen LogP contribution in [-0.2, 0) is 9.53 Å². The topological polar surface area (TPSA) is 82.6 Å². The number of benzene rings is 1. The van der Waals surface area contributed by atoms with Crippen molar-refractivity contribution in [2.45, 2.75) is 6.04 Å². The highest BCUT2D eigenvalue weighted by Crippen LogP contribution is 2.20. The molecule has 0 spiro atoms. The van der Waals surface area contributed by atoms with Crippen LogP contribution in [0, 0.1) is 0 Å². The van der Waals surface area contributed by atoms with Gasteiger partial charge in [-0.25, -0.2) is 4.79 Å². The molecule has 1 aliphatic heterocycles. The fourth-order valence-electron chi connectivity index (χ4n) is 2.47. The van der Waals surface area contributed by atoms with Crippen LogP contribution in [0.1, 0.15) is 10.4 Å². The van der Waals surface area contributed by atoms with E-state index in [1.807, 2.05) is 12.1 Å². The van der Waals surface area contributed by atoms with E-state index in [1.54, 1.807) is 18.3 Å². The first-order chi connectivity index (χ1) is 9.68. The first-order valence-corrected chi connectivity index (χ1v) is 6.36. The maximum atomic E-state index is 12.6. The lowest BCUT2D eigenvalue weighted by Gasteiger charge is -2.33. The fourth-order valence-corrected chi connectivity index (χ4v) is 2.47. The van der Waals surface area contributed by atoms with Crippen molar-refractivity contribution in [1.29, 1.82) is 0 Å². The van der Waals surface area contributed by atoms with Crippen molar-refractivity contribution < 1.29 is 19.4 Å². The van der Waals surface area contributed by atoms with E-state index in [1.165, 1.54) is 4.90 Å².